The third-order valence-corrected chi connectivity index (χ3v) is 2.26. The Labute approximate surface area is 96.6 Å². The minimum atomic E-state index is -0.343. The fourth-order valence-electron chi connectivity index (χ4n) is 1.49. The van der Waals surface area contributed by atoms with Crippen molar-refractivity contribution in [1.29, 1.82) is 0 Å². The van der Waals surface area contributed by atoms with Crippen LogP contribution in [0.2, 0.25) is 0 Å². The van der Waals surface area contributed by atoms with E-state index in [9.17, 15) is 4.79 Å². The van der Waals surface area contributed by atoms with Gasteiger partial charge in [-0.25, -0.2) is 0 Å². The molecule has 0 aromatic heterocycles. The van der Waals surface area contributed by atoms with E-state index in [4.69, 9.17) is 5.73 Å². The van der Waals surface area contributed by atoms with Crippen molar-refractivity contribution >= 4 is 5.91 Å². The summed E-state index contributed by atoms with van der Waals surface area (Å²) in [6.07, 6.45) is 3.30. The number of carbonyl (C=O) groups is 1. The highest BCUT2D eigenvalue weighted by molar-refractivity contribution is 5.91. The molecule has 3 nitrogen and oxygen atoms in total. The van der Waals surface area contributed by atoms with E-state index >= 15 is 0 Å². The van der Waals surface area contributed by atoms with Gasteiger partial charge >= 0.3 is 0 Å². The number of benzene rings is 1. The van der Waals surface area contributed by atoms with Crippen LogP contribution in [0.5, 0.6) is 0 Å². The van der Waals surface area contributed by atoms with E-state index < -0.39 is 0 Å². The molecule has 0 heterocycles. The summed E-state index contributed by atoms with van der Waals surface area (Å²) in [6, 6.07) is 10.1. The van der Waals surface area contributed by atoms with Gasteiger partial charge in [0, 0.05) is 25.9 Å². The zero-order chi connectivity index (χ0) is 12.0. The van der Waals surface area contributed by atoms with Crippen LogP contribution in [-0.4, -0.2) is 24.9 Å². The lowest BCUT2D eigenvalue weighted by Gasteiger charge is -2.09. The van der Waals surface area contributed by atoms with Crippen LogP contribution in [0.3, 0.4) is 0 Å². The quantitative estimate of drug-likeness (QED) is 0.762. The SMILES string of the molecule is CN(C)C=C(CCc1ccccc1)C(N)=O. The van der Waals surface area contributed by atoms with Gasteiger partial charge in [0.15, 0.2) is 0 Å². The number of hydrogen-bond acceptors (Lipinski definition) is 2. The number of amides is 1. The summed E-state index contributed by atoms with van der Waals surface area (Å²) in [6.45, 7) is 0. The topological polar surface area (TPSA) is 46.3 Å². The molecule has 0 saturated carbocycles. The molecule has 0 aliphatic carbocycles. The molecule has 0 saturated heterocycles. The molecule has 0 fully saturated rings. The standard InChI is InChI=1S/C13H18N2O/c1-15(2)10-12(13(14)16)9-8-11-6-4-3-5-7-11/h3-7,10H,8-9H2,1-2H3,(H2,14,16). The Morgan fingerprint density at radius 2 is 1.94 bits per heavy atom. The minimum Gasteiger partial charge on any atom is -0.383 e. The Hall–Kier alpha value is -1.77. The first-order chi connectivity index (χ1) is 7.59. The maximum absolute atomic E-state index is 11.2. The van der Waals surface area contributed by atoms with Crippen LogP contribution >= 0.6 is 0 Å². The van der Waals surface area contributed by atoms with E-state index in [-0.39, 0.29) is 5.91 Å². The maximum Gasteiger partial charge on any atom is 0.246 e. The Balaban J connectivity index is 2.61. The average Bonchev–Trinajstić information content (AvgIpc) is 2.25. The third-order valence-electron chi connectivity index (χ3n) is 2.26. The fourth-order valence-corrected chi connectivity index (χ4v) is 1.49. The van der Waals surface area contributed by atoms with E-state index in [2.05, 4.69) is 0 Å². The molecule has 0 spiro atoms. The van der Waals surface area contributed by atoms with Crippen molar-refractivity contribution in [3.63, 3.8) is 0 Å². The Morgan fingerprint density at radius 3 is 2.44 bits per heavy atom. The molecule has 0 aliphatic heterocycles. The Kier molecular flexibility index (Phi) is 4.58. The maximum atomic E-state index is 11.2. The van der Waals surface area contributed by atoms with Crippen LogP contribution in [0.4, 0.5) is 0 Å². The molecule has 1 rings (SSSR count). The third kappa shape index (κ3) is 4.17. The Morgan fingerprint density at radius 1 is 1.31 bits per heavy atom. The van der Waals surface area contributed by atoms with Crippen molar-refractivity contribution in [3.05, 3.63) is 47.7 Å². The molecule has 0 aliphatic rings. The summed E-state index contributed by atoms with van der Waals surface area (Å²) < 4.78 is 0. The lowest BCUT2D eigenvalue weighted by Crippen LogP contribution is -2.17. The number of hydrogen-bond donors (Lipinski definition) is 1. The molecule has 0 bridgehead atoms. The molecule has 86 valence electrons. The Bertz CT molecular complexity index is 369. The van der Waals surface area contributed by atoms with Crippen molar-refractivity contribution in [1.82, 2.24) is 4.90 Å². The summed E-state index contributed by atoms with van der Waals surface area (Å²) in [4.78, 5) is 13.0. The van der Waals surface area contributed by atoms with Gasteiger partial charge in [-0.15, -0.1) is 0 Å². The van der Waals surface area contributed by atoms with Crippen LogP contribution in [0.25, 0.3) is 0 Å². The second-order valence-corrected chi connectivity index (χ2v) is 3.97. The summed E-state index contributed by atoms with van der Waals surface area (Å²) >= 11 is 0. The van der Waals surface area contributed by atoms with Gasteiger partial charge in [0.1, 0.15) is 0 Å². The first kappa shape index (κ1) is 12.3. The molecule has 0 atom stereocenters. The number of nitrogens with zero attached hydrogens (tertiary/aromatic N) is 1. The van der Waals surface area contributed by atoms with Crippen molar-refractivity contribution in [2.24, 2.45) is 5.73 Å². The average molecular weight is 218 g/mol. The number of carbonyl (C=O) groups excluding carboxylic acids is 1. The summed E-state index contributed by atoms with van der Waals surface area (Å²) in [5.41, 5.74) is 7.19. The molecule has 0 unspecified atom stereocenters. The lowest BCUT2D eigenvalue weighted by molar-refractivity contribution is -0.114. The van der Waals surface area contributed by atoms with E-state index in [0.717, 1.165) is 6.42 Å². The van der Waals surface area contributed by atoms with Crippen LogP contribution in [0.1, 0.15) is 12.0 Å². The van der Waals surface area contributed by atoms with Gasteiger partial charge in [-0.1, -0.05) is 30.3 Å². The first-order valence-corrected chi connectivity index (χ1v) is 5.30. The predicted molar refractivity (Wildman–Crippen MR) is 65.7 cm³/mol. The molecule has 3 heteroatoms. The van der Waals surface area contributed by atoms with Crippen LogP contribution in [0.15, 0.2) is 42.1 Å². The molecule has 1 aromatic rings. The van der Waals surface area contributed by atoms with Gasteiger partial charge in [-0.2, -0.15) is 0 Å². The van der Waals surface area contributed by atoms with Crippen molar-refractivity contribution in [3.8, 4) is 0 Å². The van der Waals surface area contributed by atoms with E-state index in [1.54, 1.807) is 6.20 Å². The summed E-state index contributed by atoms with van der Waals surface area (Å²) in [5, 5.41) is 0. The monoisotopic (exact) mass is 218 g/mol. The van der Waals surface area contributed by atoms with Gasteiger partial charge in [-0.3, -0.25) is 4.79 Å². The van der Waals surface area contributed by atoms with Crippen LogP contribution < -0.4 is 5.73 Å². The number of aryl methyl sites for hydroxylation is 1. The van der Waals surface area contributed by atoms with Crippen molar-refractivity contribution in [2.75, 3.05) is 14.1 Å². The first-order valence-electron chi connectivity index (χ1n) is 5.30. The summed E-state index contributed by atoms with van der Waals surface area (Å²) in [5.74, 6) is -0.343. The minimum absolute atomic E-state index is 0.343. The second kappa shape index (κ2) is 5.95. The number of nitrogens with two attached hydrogens (primary N) is 1. The number of rotatable bonds is 5. The van der Waals surface area contributed by atoms with E-state index in [1.807, 2.05) is 49.3 Å². The van der Waals surface area contributed by atoms with Crippen molar-refractivity contribution in [2.45, 2.75) is 12.8 Å². The highest BCUT2D eigenvalue weighted by Gasteiger charge is 2.05. The smallest absolute Gasteiger partial charge is 0.246 e. The fraction of sp³-hybridized carbons (Fsp3) is 0.308. The largest absolute Gasteiger partial charge is 0.383 e. The molecular weight excluding hydrogens is 200 g/mol. The summed E-state index contributed by atoms with van der Waals surface area (Å²) in [7, 11) is 3.76. The molecule has 0 radical (unpaired) electrons. The normalized spacial score (nSPS) is 11.2. The zero-order valence-corrected chi connectivity index (χ0v) is 9.81. The molecule has 16 heavy (non-hydrogen) atoms. The van der Waals surface area contributed by atoms with Gasteiger partial charge in [0.05, 0.1) is 0 Å². The molecule has 1 amide bonds. The van der Waals surface area contributed by atoms with Crippen LogP contribution in [-0.2, 0) is 11.2 Å². The predicted octanol–water partition coefficient (Wildman–Crippen LogP) is 1.55. The molecule has 1 aromatic carbocycles. The highest BCUT2D eigenvalue weighted by Crippen LogP contribution is 2.09. The van der Waals surface area contributed by atoms with Crippen LogP contribution in [0, 0.1) is 0 Å². The number of primary amides is 1. The van der Waals surface area contributed by atoms with E-state index in [1.165, 1.54) is 5.56 Å². The van der Waals surface area contributed by atoms with Gasteiger partial charge < -0.3 is 10.6 Å². The van der Waals surface area contributed by atoms with Gasteiger partial charge in [0.2, 0.25) is 5.91 Å². The molecular formula is C13H18N2O. The van der Waals surface area contributed by atoms with Gasteiger partial charge in [-0.05, 0) is 18.4 Å². The van der Waals surface area contributed by atoms with Gasteiger partial charge in [0.25, 0.3) is 0 Å². The van der Waals surface area contributed by atoms with E-state index in [0.29, 0.717) is 12.0 Å². The highest BCUT2D eigenvalue weighted by atomic mass is 16.1. The zero-order valence-electron chi connectivity index (χ0n) is 9.81. The van der Waals surface area contributed by atoms with Crippen molar-refractivity contribution < 1.29 is 4.79 Å². The lowest BCUT2D eigenvalue weighted by atomic mass is 10.0. The molecule has 2 N–H and O–H groups in total. The second-order valence-electron chi connectivity index (χ2n) is 3.97.